The van der Waals surface area contributed by atoms with E-state index in [4.69, 9.17) is 4.74 Å². The first-order chi connectivity index (χ1) is 20.3. The number of ether oxygens (including phenoxy) is 1. The molecule has 244 valence electrons. The summed E-state index contributed by atoms with van der Waals surface area (Å²) in [4.78, 5) is 0. The van der Waals surface area contributed by atoms with Crippen LogP contribution in [0.5, 0.6) is 0 Å². The zero-order chi connectivity index (χ0) is 29.9. The molecule has 0 bridgehead atoms. The van der Waals surface area contributed by atoms with Crippen LogP contribution in [0.4, 0.5) is 0 Å². The first-order valence-electron chi connectivity index (χ1n) is 19.3. The lowest BCUT2D eigenvalue weighted by atomic mass is 10.0. The van der Waals surface area contributed by atoms with Crippen LogP contribution in [0.3, 0.4) is 0 Å². The maximum Gasteiger partial charge on any atom is 0.0996 e. The van der Waals surface area contributed by atoms with E-state index >= 15 is 0 Å². The molecule has 0 unspecified atom stereocenters. The van der Waals surface area contributed by atoms with Crippen molar-refractivity contribution in [3.63, 3.8) is 0 Å². The lowest BCUT2D eigenvalue weighted by molar-refractivity contribution is 0.266. The van der Waals surface area contributed by atoms with Gasteiger partial charge in [-0.1, -0.05) is 182 Å². The van der Waals surface area contributed by atoms with E-state index in [1.165, 1.54) is 204 Å². The highest BCUT2D eigenvalue weighted by Crippen LogP contribution is 2.23. The first-order valence-corrected chi connectivity index (χ1v) is 19.3. The van der Waals surface area contributed by atoms with E-state index in [9.17, 15) is 0 Å². The molecule has 0 fully saturated rings. The molecular weight excluding hydrogens is 496 g/mol. The van der Waals surface area contributed by atoms with E-state index in [0.717, 1.165) is 12.8 Å². The Kier molecular flexibility index (Phi) is 34.9. The fraction of sp³-hybridized carbons (Fsp3) is 0.900. The molecule has 0 aliphatic rings. The quantitative estimate of drug-likeness (QED) is 0.0548. The summed E-state index contributed by atoms with van der Waals surface area (Å²) in [6.45, 7) is 9.24. The molecule has 0 aliphatic carbocycles. The van der Waals surface area contributed by atoms with Gasteiger partial charge in [0.2, 0.25) is 0 Å². The van der Waals surface area contributed by atoms with Gasteiger partial charge < -0.3 is 4.74 Å². The predicted octanol–water partition coefficient (Wildman–Crippen LogP) is 15.3. The van der Waals surface area contributed by atoms with Crippen molar-refractivity contribution in [2.24, 2.45) is 0 Å². The van der Waals surface area contributed by atoms with Crippen LogP contribution < -0.4 is 0 Å². The summed E-state index contributed by atoms with van der Waals surface area (Å²) in [6.07, 6.45) is 48.2. The molecule has 0 heterocycles. The van der Waals surface area contributed by atoms with Crippen LogP contribution in [0.25, 0.3) is 0 Å². The van der Waals surface area contributed by atoms with Crippen molar-refractivity contribution >= 4 is 0 Å². The second-order valence-electron chi connectivity index (χ2n) is 13.0. The molecule has 0 saturated carbocycles. The SMILES string of the molecule is CCCCCCCCC=C(CCCCCCCCCC)OC(=CCCCCCCCC)CCCCCCCCCC. The van der Waals surface area contributed by atoms with E-state index in [1.54, 1.807) is 0 Å². The monoisotopic (exact) mass is 575 g/mol. The fourth-order valence-electron chi connectivity index (χ4n) is 5.80. The molecule has 0 aromatic heterocycles. The van der Waals surface area contributed by atoms with Gasteiger partial charge in [-0.05, 0) is 50.7 Å². The van der Waals surface area contributed by atoms with Crippen molar-refractivity contribution in [3.05, 3.63) is 23.7 Å². The Morgan fingerprint density at radius 2 is 0.561 bits per heavy atom. The Bertz CT molecular complexity index is 497. The van der Waals surface area contributed by atoms with Crippen molar-refractivity contribution in [1.29, 1.82) is 0 Å². The van der Waals surface area contributed by atoms with Crippen molar-refractivity contribution < 1.29 is 4.74 Å². The highest BCUT2D eigenvalue weighted by Gasteiger charge is 2.06. The average molecular weight is 575 g/mol. The normalized spacial score (nSPS) is 12.4. The molecule has 0 amide bonds. The maximum atomic E-state index is 6.78. The van der Waals surface area contributed by atoms with Crippen LogP contribution in [0.1, 0.15) is 233 Å². The lowest BCUT2D eigenvalue weighted by Gasteiger charge is -2.15. The standard InChI is InChI=1S/C40H78O/c1-5-9-13-17-21-25-29-33-37-39(35-31-27-23-19-15-11-7-3)41-40(36-32-28-24-20-16-12-8-4)38-34-30-26-22-18-14-10-6-2/h35-36H,5-34,37-38H2,1-4H3. The summed E-state index contributed by atoms with van der Waals surface area (Å²) in [6, 6.07) is 0. The lowest BCUT2D eigenvalue weighted by Crippen LogP contribution is -1.97. The van der Waals surface area contributed by atoms with Gasteiger partial charge in [-0.3, -0.25) is 0 Å². The van der Waals surface area contributed by atoms with Gasteiger partial charge in [-0.15, -0.1) is 0 Å². The molecule has 0 aromatic rings. The average Bonchev–Trinajstić information content (AvgIpc) is 2.98. The summed E-state index contributed by atoms with van der Waals surface area (Å²) in [5.74, 6) is 2.58. The van der Waals surface area contributed by atoms with Crippen molar-refractivity contribution in [2.75, 3.05) is 0 Å². The van der Waals surface area contributed by atoms with E-state index < -0.39 is 0 Å². The van der Waals surface area contributed by atoms with Gasteiger partial charge in [0, 0.05) is 12.8 Å². The molecule has 0 atom stereocenters. The third-order valence-corrected chi connectivity index (χ3v) is 8.68. The van der Waals surface area contributed by atoms with Crippen molar-refractivity contribution in [1.82, 2.24) is 0 Å². The molecule has 0 radical (unpaired) electrons. The number of hydrogen-bond donors (Lipinski definition) is 0. The van der Waals surface area contributed by atoms with Crippen LogP contribution >= 0.6 is 0 Å². The largest absolute Gasteiger partial charge is 0.467 e. The van der Waals surface area contributed by atoms with Gasteiger partial charge in [0.25, 0.3) is 0 Å². The van der Waals surface area contributed by atoms with E-state index in [0.29, 0.717) is 0 Å². The molecule has 0 spiro atoms. The summed E-state index contributed by atoms with van der Waals surface area (Å²) in [7, 11) is 0. The van der Waals surface area contributed by atoms with Gasteiger partial charge in [0.15, 0.2) is 0 Å². The van der Waals surface area contributed by atoms with Gasteiger partial charge in [-0.25, -0.2) is 0 Å². The van der Waals surface area contributed by atoms with Crippen LogP contribution in [-0.4, -0.2) is 0 Å². The summed E-state index contributed by atoms with van der Waals surface area (Å²) in [5.41, 5.74) is 0. The molecule has 1 heteroatoms. The zero-order valence-electron chi connectivity index (χ0n) is 29.2. The number of hydrogen-bond acceptors (Lipinski definition) is 1. The van der Waals surface area contributed by atoms with E-state index in [1.807, 2.05) is 0 Å². The molecule has 0 rings (SSSR count). The smallest absolute Gasteiger partial charge is 0.0996 e. The fourth-order valence-corrected chi connectivity index (χ4v) is 5.80. The van der Waals surface area contributed by atoms with Gasteiger partial charge in [0.05, 0.1) is 11.5 Å². The Morgan fingerprint density at radius 1 is 0.317 bits per heavy atom. The van der Waals surface area contributed by atoms with E-state index in [2.05, 4.69) is 39.8 Å². The van der Waals surface area contributed by atoms with E-state index in [-0.39, 0.29) is 0 Å². The Hall–Kier alpha value is -0.720. The molecule has 1 nitrogen and oxygen atoms in total. The molecule has 0 saturated heterocycles. The minimum absolute atomic E-state index is 1.14. The van der Waals surface area contributed by atoms with Crippen molar-refractivity contribution in [3.8, 4) is 0 Å². The van der Waals surface area contributed by atoms with Crippen LogP contribution in [0.2, 0.25) is 0 Å². The molecular formula is C40H78O. The number of unbranched alkanes of at least 4 members (excludes halogenated alkanes) is 26. The highest BCUT2D eigenvalue weighted by atomic mass is 16.5. The van der Waals surface area contributed by atoms with Crippen LogP contribution in [-0.2, 0) is 4.74 Å². The topological polar surface area (TPSA) is 9.23 Å². The third-order valence-electron chi connectivity index (χ3n) is 8.68. The maximum absolute atomic E-state index is 6.78. The van der Waals surface area contributed by atoms with Gasteiger partial charge >= 0.3 is 0 Å². The summed E-state index contributed by atoms with van der Waals surface area (Å²) in [5, 5.41) is 0. The molecule has 0 aliphatic heterocycles. The highest BCUT2D eigenvalue weighted by molar-refractivity contribution is 5.02. The number of rotatable bonds is 34. The Balaban J connectivity index is 4.85. The zero-order valence-corrected chi connectivity index (χ0v) is 29.2. The minimum Gasteiger partial charge on any atom is -0.467 e. The van der Waals surface area contributed by atoms with Crippen molar-refractivity contribution in [2.45, 2.75) is 233 Å². The second kappa shape index (κ2) is 35.5. The molecule has 41 heavy (non-hydrogen) atoms. The third kappa shape index (κ3) is 32.0. The second-order valence-corrected chi connectivity index (χ2v) is 13.0. The Morgan fingerprint density at radius 3 is 0.854 bits per heavy atom. The minimum atomic E-state index is 1.14. The van der Waals surface area contributed by atoms with Gasteiger partial charge in [-0.2, -0.15) is 0 Å². The van der Waals surface area contributed by atoms with Crippen LogP contribution in [0, 0.1) is 0 Å². The number of allylic oxidation sites excluding steroid dienone is 4. The first kappa shape index (κ1) is 40.3. The molecule has 0 aromatic carbocycles. The summed E-state index contributed by atoms with van der Waals surface area (Å²) >= 11 is 0. The Labute approximate surface area is 261 Å². The van der Waals surface area contributed by atoms with Gasteiger partial charge in [0.1, 0.15) is 0 Å². The van der Waals surface area contributed by atoms with Crippen LogP contribution in [0.15, 0.2) is 23.7 Å². The summed E-state index contributed by atoms with van der Waals surface area (Å²) < 4.78 is 6.78. The predicted molar refractivity (Wildman–Crippen MR) is 188 cm³/mol. The molecule has 0 N–H and O–H groups in total.